The zero-order chi connectivity index (χ0) is 12.3. The Hall–Kier alpha value is -0.780. The quantitative estimate of drug-likeness (QED) is 0.750. The summed E-state index contributed by atoms with van der Waals surface area (Å²) in [6.45, 7) is 4.94. The number of rotatable bonds is 3. The van der Waals surface area contributed by atoms with Gasteiger partial charge in [0.1, 0.15) is 11.6 Å². The number of carbonyl (C=O) groups is 1. The third kappa shape index (κ3) is 7.18. The van der Waals surface area contributed by atoms with Gasteiger partial charge in [0.2, 0.25) is 0 Å². The Morgan fingerprint density at radius 2 is 1.80 bits per heavy atom. The molecular formula is C9H16F3NO2. The van der Waals surface area contributed by atoms with E-state index in [-0.39, 0.29) is 6.42 Å². The van der Waals surface area contributed by atoms with Crippen LogP contribution in [0.3, 0.4) is 0 Å². The minimum absolute atomic E-state index is 0.321. The molecule has 2 N–H and O–H groups in total. The fraction of sp³-hybridized carbons (Fsp3) is 0.889. The van der Waals surface area contributed by atoms with Crippen molar-refractivity contribution < 1.29 is 22.7 Å². The smallest absolute Gasteiger partial charge is 0.403 e. The van der Waals surface area contributed by atoms with Crippen molar-refractivity contribution in [2.24, 2.45) is 5.73 Å². The molecule has 0 saturated heterocycles. The fourth-order valence-corrected chi connectivity index (χ4v) is 0.830. The van der Waals surface area contributed by atoms with Crippen LogP contribution >= 0.6 is 0 Å². The molecule has 0 heterocycles. The Kier molecular flexibility index (Phi) is 4.58. The minimum Gasteiger partial charge on any atom is -0.460 e. The Morgan fingerprint density at radius 1 is 1.33 bits per heavy atom. The van der Waals surface area contributed by atoms with Gasteiger partial charge in [-0.15, -0.1) is 0 Å². The number of hydrogen-bond acceptors (Lipinski definition) is 3. The van der Waals surface area contributed by atoms with Gasteiger partial charge >= 0.3 is 12.1 Å². The maximum absolute atomic E-state index is 12.0. The molecule has 0 aromatic carbocycles. The predicted octanol–water partition coefficient (Wildman–Crippen LogP) is 2.00. The van der Waals surface area contributed by atoms with Gasteiger partial charge in [0, 0.05) is 6.42 Å². The topological polar surface area (TPSA) is 52.3 Å². The molecule has 0 fully saturated rings. The Balaban J connectivity index is 3.92. The minimum atomic E-state index is -4.46. The summed E-state index contributed by atoms with van der Waals surface area (Å²) in [5.41, 5.74) is 4.15. The summed E-state index contributed by atoms with van der Waals surface area (Å²) in [5.74, 6) is -0.665. The van der Waals surface area contributed by atoms with Crippen LogP contribution in [0, 0.1) is 0 Å². The number of halogens is 3. The summed E-state index contributed by atoms with van der Waals surface area (Å²) in [5, 5.41) is 0. The van der Waals surface area contributed by atoms with E-state index in [9.17, 15) is 18.0 Å². The standard InChI is InChI=1S/C9H16F3NO2/c1-8(2,3)15-7(14)5-4-6(13)9(10,11)12/h6H,4-5,13H2,1-3H3. The van der Waals surface area contributed by atoms with Crippen LogP contribution in [0.25, 0.3) is 0 Å². The zero-order valence-corrected chi connectivity index (χ0v) is 9.02. The number of hydrogen-bond donors (Lipinski definition) is 1. The summed E-state index contributed by atoms with van der Waals surface area (Å²) in [4.78, 5) is 11.0. The van der Waals surface area contributed by atoms with Crippen molar-refractivity contribution >= 4 is 5.97 Å². The molecule has 3 nitrogen and oxygen atoms in total. The van der Waals surface area contributed by atoms with E-state index in [1.807, 2.05) is 0 Å². The normalized spacial score (nSPS) is 14.9. The number of carbonyl (C=O) groups excluding carboxylic acids is 1. The molecule has 0 rings (SSSR count). The predicted molar refractivity (Wildman–Crippen MR) is 49.1 cm³/mol. The lowest BCUT2D eigenvalue weighted by atomic mass is 10.1. The van der Waals surface area contributed by atoms with Crippen LogP contribution in [0.4, 0.5) is 13.2 Å². The van der Waals surface area contributed by atoms with Crippen molar-refractivity contribution in [3.8, 4) is 0 Å². The number of alkyl halides is 3. The van der Waals surface area contributed by atoms with Crippen molar-refractivity contribution in [2.45, 2.75) is 51.4 Å². The molecular weight excluding hydrogens is 211 g/mol. The SMILES string of the molecule is CC(C)(C)OC(=O)CCC(N)C(F)(F)F. The molecule has 0 aromatic rings. The van der Waals surface area contributed by atoms with Crippen LogP contribution in [0.5, 0.6) is 0 Å². The van der Waals surface area contributed by atoms with Crippen molar-refractivity contribution in [1.82, 2.24) is 0 Å². The van der Waals surface area contributed by atoms with Gasteiger partial charge in [-0.1, -0.05) is 0 Å². The van der Waals surface area contributed by atoms with E-state index in [0.29, 0.717) is 0 Å². The lowest BCUT2D eigenvalue weighted by molar-refractivity contribution is -0.160. The first-order valence-electron chi connectivity index (χ1n) is 4.56. The molecule has 0 bridgehead atoms. The average molecular weight is 227 g/mol. The van der Waals surface area contributed by atoms with E-state index in [1.54, 1.807) is 20.8 Å². The first-order chi connectivity index (χ1) is 6.52. The van der Waals surface area contributed by atoms with Crippen LogP contribution in [-0.2, 0) is 9.53 Å². The van der Waals surface area contributed by atoms with E-state index in [4.69, 9.17) is 10.5 Å². The van der Waals surface area contributed by atoms with Gasteiger partial charge in [0.15, 0.2) is 0 Å². The van der Waals surface area contributed by atoms with Crippen molar-refractivity contribution in [2.75, 3.05) is 0 Å². The summed E-state index contributed by atoms with van der Waals surface area (Å²) in [6, 6.07) is -1.97. The van der Waals surface area contributed by atoms with Gasteiger partial charge in [-0.2, -0.15) is 13.2 Å². The second-order valence-electron chi connectivity index (χ2n) is 4.27. The van der Waals surface area contributed by atoms with Gasteiger partial charge in [-0.05, 0) is 27.2 Å². The van der Waals surface area contributed by atoms with Crippen molar-refractivity contribution in [3.63, 3.8) is 0 Å². The van der Waals surface area contributed by atoms with E-state index in [1.165, 1.54) is 0 Å². The molecule has 0 aliphatic carbocycles. The molecule has 0 aliphatic heterocycles. The highest BCUT2D eigenvalue weighted by atomic mass is 19.4. The van der Waals surface area contributed by atoms with E-state index in [2.05, 4.69) is 0 Å². The van der Waals surface area contributed by atoms with Crippen LogP contribution in [-0.4, -0.2) is 23.8 Å². The molecule has 0 spiro atoms. The molecule has 0 aliphatic rings. The first-order valence-corrected chi connectivity index (χ1v) is 4.56. The van der Waals surface area contributed by atoms with E-state index >= 15 is 0 Å². The molecule has 6 heteroatoms. The highest BCUT2D eigenvalue weighted by Crippen LogP contribution is 2.22. The van der Waals surface area contributed by atoms with Gasteiger partial charge in [0.25, 0.3) is 0 Å². The fourth-order valence-electron chi connectivity index (χ4n) is 0.830. The lowest BCUT2D eigenvalue weighted by Gasteiger charge is -2.20. The Bertz CT molecular complexity index is 220. The number of nitrogens with two attached hydrogens (primary N) is 1. The van der Waals surface area contributed by atoms with Crippen molar-refractivity contribution in [1.29, 1.82) is 0 Å². The highest BCUT2D eigenvalue weighted by molar-refractivity contribution is 5.69. The van der Waals surface area contributed by atoms with Crippen LogP contribution in [0.2, 0.25) is 0 Å². The first kappa shape index (κ1) is 14.2. The zero-order valence-electron chi connectivity index (χ0n) is 9.02. The summed E-state index contributed by atoms with van der Waals surface area (Å²) in [6.07, 6.45) is -5.22. The molecule has 0 radical (unpaired) electrons. The van der Waals surface area contributed by atoms with Gasteiger partial charge < -0.3 is 10.5 Å². The maximum Gasteiger partial charge on any atom is 0.403 e. The lowest BCUT2D eigenvalue weighted by Crippen LogP contribution is -2.38. The number of esters is 1. The maximum atomic E-state index is 12.0. The molecule has 0 amide bonds. The molecule has 0 aromatic heterocycles. The Morgan fingerprint density at radius 3 is 2.13 bits per heavy atom. The third-order valence-electron chi connectivity index (χ3n) is 1.50. The molecule has 0 saturated carbocycles. The van der Waals surface area contributed by atoms with Gasteiger partial charge in [-0.3, -0.25) is 4.79 Å². The van der Waals surface area contributed by atoms with Gasteiger partial charge in [0.05, 0.1) is 0 Å². The molecule has 90 valence electrons. The van der Waals surface area contributed by atoms with E-state index < -0.39 is 30.2 Å². The second-order valence-corrected chi connectivity index (χ2v) is 4.27. The summed E-state index contributed by atoms with van der Waals surface area (Å²) >= 11 is 0. The Labute approximate surface area is 86.8 Å². The van der Waals surface area contributed by atoms with Crippen LogP contribution < -0.4 is 5.73 Å². The largest absolute Gasteiger partial charge is 0.460 e. The molecule has 15 heavy (non-hydrogen) atoms. The number of ether oxygens (including phenoxy) is 1. The van der Waals surface area contributed by atoms with Crippen LogP contribution in [0.15, 0.2) is 0 Å². The average Bonchev–Trinajstić information content (AvgIpc) is 1.94. The van der Waals surface area contributed by atoms with Crippen LogP contribution in [0.1, 0.15) is 33.6 Å². The monoisotopic (exact) mass is 227 g/mol. The molecule has 1 atom stereocenters. The van der Waals surface area contributed by atoms with E-state index in [0.717, 1.165) is 0 Å². The highest BCUT2D eigenvalue weighted by Gasteiger charge is 2.36. The second kappa shape index (κ2) is 4.83. The summed E-state index contributed by atoms with van der Waals surface area (Å²) < 4.78 is 40.7. The van der Waals surface area contributed by atoms with Crippen molar-refractivity contribution in [3.05, 3.63) is 0 Å². The molecule has 1 unspecified atom stereocenters. The third-order valence-corrected chi connectivity index (χ3v) is 1.50. The van der Waals surface area contributed by atoms with Gasteiger partial charge in [-0.25, -0.2) is 0 Å². The summed E-state index contributed by atoms with van der Waals surface area (Å²) in [7, 11) is 0.